The van der Waals surface area contributed by atoms with Gasteiger partial charge in [0, 0.05) is 15.7 Å². The molecule has 0 radical (unpaired) electrons. The number of thiophene rings is 1. The van der Waals surface area contributed by atoms with E-state index in [2.05, 4.69) is 0 Å². The SMILES string of the molecule is CC(C)[C@@H](C=O)[C@@H](C[N+](=O)[O-])c1cccs1. The van der Waals surface area contributed by atoms with Crippen LogP contribution in [0.25, 0.3) is 0 Å². The molecule has 0 aliphatic heterocycles. The summed E-state index contributed by atoms with van der Waals surface area (Å²) in [6, 6.07) is 3.72. The van der Waals surface area contributed by atoms with E-state index in [0.29, 0.717) is 0 Å². The van der Waals surface area contributed by atoms with Crippen molar-refractivity contribution in [2.45, 2.75) is 19.8 Å². The second kappa shape index (κ2) is 5.75. The maximum Gasteiger partial charge on any atom is 0.212 e. The molecule has 0 aliphatic rings. The summed E-state index contributed by atoms with van der Waals surface area (Å²) in [7, 11) is 0. The summed E-state index contributed by atoms with van der Waals surface area (Å²) in [6.45, 7) is 3.65. The molecule has 0 bridgehead atoms. The fourth-order valence-electron chi connectivity index (χ4n) is 1.78. The molecule has 1 aromatic heterocycles. The predicted octanol–water partition coefficient (Wildman–Crippen LogP) is 2.58. The van der Waals surface area contributed by atoms with Gasteiger partial charge >= 0.3 is 0 Å². The number of carbonyl (C=O) groups excluding carboxylic acids is 1. The van der Waals surface area contributed by atoms with Crippen molar-refractivity contribution < 1.29 is 9.72 Å². The first-order valence-corrected chi connectivity index (χ1v) is 6.04. The Morgan fingerprint density at radius 2 is 2.25 bits per heavy atom. The van der Waals surface area contributed by atoms with Crippen molar-refractivity contribution in [3.8, 4) is 0 Å². The Bertz CT molecular complexity index is 348. The third-order valence-electron chi connectivity index (χ3n) is 2.65. The van der Waals surface area contributed by atoms with Crippen LogP contribution < -0.4 is 0 Å². The summed E-state index contributed by atoms with van der Waals surface area (Å²) in [4.78, 5) is 22.3. The van der Waals surface area contributed by atoms with Gasteiger partial charge in [-0.1, -0.05) is 19.9 Å². The number of nitro groups is 1. The molecule has 1 rings (SSSR count). The van der Waals surface area contributed by atoms with Gasteiger partial charge in [-0.05, 0) is 17.4 Å². The Morgan fingerprint density at radius 3 is 2.62 bits per heavy atom. The summed E-state index contributed by atoms with van der Waals surface area (Å²) in [5.41, 5.74) is 0. The minimum atomic E-state index is -0.344. The zero-order valence-electron chi connectivity index (χ0n) is 9.33. The summed E-state index contributed by atoms with van der Waals surface area (Å²) in [6.07, 6.45) is 0.846. The van der Waals surface area contributed by atoms with Crippen LogP contribution in [-0.4, -0.2) is 17.8 Å². The lowest BCUT2D eigenvalue weighted by Crippen LogP contribution is -2.25. The van der Waals surface area contributed by atoms with Crippen molar-refractivity contribution in [3.63, 3.8) is 0 Å². The molecule has 0 fully saturated rings. The van der Waals surface area contributed by atoms with Crippen LogP contribution in [0, 0.1) is 22.0 Å². The molecule has 5 heteroatoms. The first-order valence-electron chi connectivity index (χ1n) is 5.16. The highest BCUT2D eigenvalue weighted by Crippen LogP contribution is 2.31. The zero-order valence-corrected chi connectivity index (χ0v) is 10.1. The molecule has 0 N–H and O–H groups in total. The number of hydrogen-bond donors (Lipinski definition) is 0. The van der Waals surface area contributed by atoms with Gasteiger partial charge in [-0.15, -0.1) is 11.3 Å². The molecule has 16 heavy (non-hydrogen) atoms. The monoisotopic (exact) mass is 241 g/mol. The molecule has 0 spiro atoms. The second-order valence-corrected chi connectivity index (χ2v) is 5.07. The van der Waals surface area contributed by atoms with Gasteiger partial charge in [0.15, 0.2) is 0 Å². The standard InChI is InChI=1S/C11H15NO3S/c1-8(2)10(7-13)9(6-12(14)15)11-4-3-5-16-11/h3-5,7-10H,6H2,1-2H3/t9-,10-/m1/s1. The average molecular weight is 241 g/mol. The molecule has 0 saturated heterocycles. The normalized spacial score (nSPS) is 14.7. The fraction of sp³-hybridized carbons (Fsp3) is 0.545. The molecule has 0 unspecified atom stereocenters. The van der Waals surface area contributed by atoms with E-state index in [1.54, 1.807) is 0 Å². The highest BCUT2D eigenvalue weighted by atomic mass is 32.1. The van der Waals surface area contributed by atoms with Crippen LogP contribution in [0.15, 0.2) is 17.5 Å². The lowest BCUT2D eigenvalue weighted by atomic mass is 9.83. The minimum absolute atomic E-state index is 0.115. The van der Waals surface area contributed by atoms with E-state index in [0.717, 1.165) is 11.2 Å². The highest BCUT2D eigenvalue weighted by molar-refractivity contribution is 7.10. The van der Waals surface area contributed by atoms with Crippen LogP contribution in [0.5, 0.6) is 0 Å². The quantitative estimate of drug-likeness (QED) is 0.437. The Kier molecular flexibility index (Phi) is 4.61. The van der Waals surface area contributed by atoms with Gasteiger partial charge in [0.25, 0.3) is 0 Å². The summed E-state index contributed by atoms with van der Waals surface area (Å²) in [5.74, 6) is -0.471. The maximum absolute atomic E-state index is 11.0. The molecule has 0 saturated carbocycles. The minimum Gasteiger partial charge on any atom is -0.303 e. The molecule has 0 amide bonds. The number of aldehydes is 1. The zero-order chi connectivity index (χ0) is 12.1. The van der Waals surface area contributed by atoms with Crippen LogP contribution >= 0.6 is 11.3 Å². The van der Waals surface area contributed by atoms with Crippen molar-refractivity contribution in [2.24, 2.45) is 11.8 Å². The lowest BCUT2D eigenvalue weighted by Gasteiger charge is -2.21. The van der Waals surface area contributed by atoms with E-state index >= 15 is 0 Å². The van der Waals surface area contributed by atoms with E-state index in [1.807, 2.05) is 31.4 Å². The smallest absolute Gasteiger partial charge is 0.212 e. The molecule has 0 aliphatic carbocycles. The Hall–Kier alpha value is -1.23. The van der Waals surface area contributed by atoms with Gasteiger partial charge in [-0.25, -0.2) is 0 Å². The van der Waals surface area contributed by atoms with E-state index < -0.39 is 0 Å². The average Bonchev–Trinajstić information content (AvgIpc) is 2.68. The van der Waals surface area contributed by atoms with Crippen molar-refractivity contribution in [3.05, 3.63) is 32.5 Å². The van der Waals surface area contributed by atoms with E-state index in [1.165, 1.54) is 11.3 Å². The van der Waals surface area contributed by atoms with Gasteiger partial charge in [0.05, 0.1) is 5.92 Å². The highest BCUT2D eigenvalue weighted by Gasteiger charge is 2.30. The van der Waals surface area contributed by atoms with Crippen LogP contribution in [0.4, 0.5) is 0 Å². The van der Waals surface area contributed by atoms with Crippen molar-refractivity contribution in [2.75, 3.05) is 6.54 Å². The molecular formula is C11H15NO3S. The third-order valence-corrected chi connectivity index (χ3v) is 3.65. The molecule has 0 aromatic carbocycles. The maximum atomic E-state index is 11.0. The largest absolute Gasteiger partial charge is 0.303 e. The van der Waals surface area contributed by atoms with E-state index in [4.69, 9.17) is 0 Å². The number of rotatable bonds is 6. The van der Waals surface area contributed by atoms with Gasteiger partial charge in [-0.2, -0.15) is 0 Å². The van der Waals surface area contributed by atoms with Crippen LogP contribution in [0.1, 0.15) is 24.6 Å². The number of nitrogens with zero attached hydrogens (tertiary/aromatic N) is 1. The van der Waals surface area contributed by atoms with Gasteiger partial charge in [-0.3, -0.25) is 10.1 Å². The Labute approximate surface area is 98.4 Å². The molecule has 2 atom stereocenters. The van der Waals surface area contributed by atoms with Crippen LogP contribution in [0.2, 0.25) is 0 Å². The Morgan fingerprint density at radius 1 is 1.56 bits per heavy atom. The van der Waals surface area contributed by atoms with Crippen molar-refractivity contribution in [1.82, 2.24) is 0 Å². The van der Waals surface area contributed by atoms with E-state index in [-0.39, 0.29) is 29.2 Å². The molecule has 4 nitrogen and oxygen atoms in total. The number of carbonyl (C=O) groups is 1. The van der Waals surface area contributed by atoms with E-state index in [9.17, 15) is 14.9 Å². The van der Waals surface area contributed by atoms with Gasteiger partial charge in [0.2, 0.25) is 6.54 Å². The molecule has 88 valence electrons. The molecule has 1 heterocycles. The summed E-state index contributed by atoms with van der Waals surface area (Å²) < 4.78 is 0. The molecule has 1 aromatic rings. The lowest BCUT2D eigenvalue weighted by molar-refractivity contribution is -0.484. The second-order valence-electron chi connectivity index (χ2n) is 4.09. The fourth-order valence-corrected chi connectivity index (χ4v) is 2.66. The summed E-state index contributed by atoms with van der Waals surface area (Å²) >= 11 is 1.47. The summed E-state index contributed by atoms with van der Waals surface area (Å²) in [5, 5.41) is 12.5. The third kappa shape index (κ3) is 3.13. The van der Waals surface area contributed by atoms with Crippen LogP contribution in [0.3, 0.4) is 0 Å². The van der Waals surface area contributed by atoms with Gasteiger partial charge in [0.1, 0.15) is 6.29 Å². The van der Waals surface area contributed by atoms with Crippen molar-refractivity contribution >= 4 is 17.6 Å². The molecular weight excluding hydrogens is 226 g/mol. The van der Waals surface area contributed by atoms with Gasteiger partial charge < -0.3 is 4.79 Å². The van der Waals surface area contributed by atoms with Crippen molar-refractivity contribution in [1.29, 1.82) is 0 Å². The predicted molar refractivity (Wildman–Crippen MR) is 63.3 cm³/mol. The Balaban J connectivity index is 2.94. The van der Waals surface area contributed by atoms with Crippen LogP contribution in [-0.2, 0) is 4.79 Å². The first kappa shape index (κ1) is 12.8. The first-order chi connectivity index (χ1) is 7.56. The number of hydrogen-bond acceptors (Lipinski definition) is 4. The topological polar surface area (TPSA) is 60.2 Å².